The number of nitrogens with one attached hydrogen (secondary N) is 3. The first-order valence-corrected chi connectivity index (χ1v) is 13.0. The first kappa shape index (κ1) is 32.3. The van der Waals surface area contributed by atoms with E-state index in [4.69, 9.17) is 5.73 Å². The average Bonchev–Trinajstić information content (AvgIpc) is 2.93. The monoisotopic (exact) mass is 570 g/mol. The Labute approximate surface area is 235 Å². The molecule has 0 saturated heterocycles. The number of pyridine rings is 1. The van der Waals surface area contributed by atoms with Crippen molar-refractivity contribution in [3.8, 4) is 0 Å². The van der Waals surface area contributed by atoms with Crippen LogP contribution in [-0.4, -0.2) is 51.5 Å². The molecule has 0 saturated carbocycles. The van der Waals surface area contributed by atoms with Crippen LogP contribution < -0.4 is 27.2 Å². The Balaban J connectivity index is 2.25. The molecule has 2 aromatic rings. The van der Waals surface area contributed by atoms with Crippen molar-refractivity contribution in [1.29, 1.82) is 0 Å². The largest absolute Gasteiger partial charge is 0.363 e. The van der Waals surface area contributed by atoms with Crippen LogP contribution in [0.4, 0.5) is 11.4 Å². The molecule has 14 heteroatoms. The lowest BCUT2D eigenvalue weighted by Crippen LogP contribution is -2.45. The van der Waals surface area contributed by atoms with E-state index in [1.165, 1.54) is 37.4 Å². The molecule has 5 N–H and O–H groups in total. The van der Waals surface area contributed by atoms with Gasteiger partial charge in [-0.15, -0.1) is 0 Å². The lowest BCUT2D eigenvalue weighted by molar-refractivity contribution is -0.384. The van der Waals surface area contributed by atoms with Crippen molar-refractivity contribution in [3.05, 3.63) is 68.1 Å². The van der Waals surface area contributed by atoms with Gasteiger partial charge in [-0.3, -0.25) is 38.9 Å². The summed E-state index contributed by atoms with van der Waals surface area (Å²) in [6.45, 7) is 5.74. The summed E-state index contributed by atoms with van der Waals surface area (Å²) < 4.78 is 1.11. The number of non-ortho nitro benzene ring substituents is 1. The zero-order valence-corrected chi connectivity index (χ0v) is 23.1. The molecule has 0 aliphatic rings. The molecule has 4 amide bonds. The SMILES string of the molecule is CCC(CC)CNC(=O)Cn1cccc(NC(=O)[C@H](CCC(=O)C(N)=O)NC(=O)c2cc([N+](=O)[O-])ccc2C)c1=O. The molecule has 0 bridgehead atoms. The standard InChI is InChI=1S/C27H34N6O8/c1-4-17(5-2)14-29-23(35)15-32-12-6-7-21(27(32)39)31-26(38)20(10-11-22(34)24(28)36)30-25(37)19-13-18(33(40)41)9-8-16(19)3/h6-9,12-13,17,20H,4-5,10-11,14-15H2,1-3H3,(H2,28,36)(H,29,35)(H,30,37)(H,31,38)/t20-/m0/s1. The third kappa shape index (κ3) is 9.37. The van der Waals surface area contributed by atoms with Crippen molar-refractivity contribution < 1.29 is 28.9 Å². The number of primary amides is 1. The first-order valence-electron chi connectivity index (χ1n) is 13.0. The summed E-state index contributed by atoms with van der Waals surface area (Å²) in [5.41, 5.74) is 4.06. The highest BCUT2D eigenvalue weighted by Gasteiger charge is 2.26. The number of benzene rings is 1. The second-order valence-corrected chi connectivity index (χ2v) is 9.44. The number of amides is 4. The fraction of sp³-hybridized carbons (Fsp3) is 0.407. The number of carbonyl (C=O) groups excluding carboxylic acids is 5. The molecule has 1 heterocycles. The van der Waals surface area contributed by atoms with Gasteiger partial charge in [-0.2, -0.15) is 0 Å². The van der Waals surface area contributed by atoms with E-state index in [9.17, 15) is 38.9 Å². The number of Topliss-reactive ketones (excluding diaryl/α,β-unsaturated/α-hetero) is 1. The van der Waals surface area contributed by atoms with E-state index in [-0.39, 0.29) is 35.8 Å². The Morgan fingerprint density at radius 1 is 1.10 bits per heavy atom. The van der Waals surface area contributed by atoms with Gasteiger partial charge in [0.1, 0.15) is 18.3 Å². The number of carbonyl (C=O) groups is 5. The normalized spacial score (nSPS) is 11.4. The number of aromatic nitrogens is 1. The molecular formula is C27H34N6O8. The number of nitro benzene ring substituents is 1. The number of nitrogens with two attached hydrogens (primary N) is 1. The minimum Gasteiger partial charge on any atom is -0.363 e. The van der Waals surface area contributed by atoms with E-state index in [1.54, 1.807) is 0 Å². The molecule has 0 aliphatic heterocycles. The van der Waals surface area contributed by atoms with Crippen LogP contribution in [0, 0.1) is 23.0 Å². The zero-order valence-electron chi connectivity index (χ0n) is 23.1. The van der Waals surface area contributed by atoms with Gasteiger partial charge in [-0.1, -0.05) is 32.8 Å². The van der Waals surface area contributed by atoms with E-state index in [1.807, 2.05) is 13.8 Å². The number of anilines is 1. The molecular weight excluding hydrogens is 536 g/mol. The molecule has 0 fully saturated rings. The average molecular weight is 571 g/mol. The molecule has 14 nitrogen and oxygen atoms in total. The van der Waals surface area contributed by atoms with E-state index >= 15 is 0 Å². The number of nitro groups is 1. The van der Waals surface area contributed by atoms with Gasteiger partial charge >= 0.3 is 0 Å². The van der Waals surface area contributed by atoms with Crippen LogP contribution in [0.3, 0.4) is 0 Å². The van der Waals surface area contributed by atoms with Crippen LogP contribution in [0.2, 0.25) is 0 Å². The smallest absolute Gasteiger partial charge is 0.284 e. The minimum absolute atomic E-state index is 0.0836. The molecule has 0 aliphatic carbocycles. The van der Waals surface area contributed by atoms with Crippen LogP contribution in [0.1, 0.15) is 55.5 Å². The van der Waals surface area contributed by atoms with Gasteiger partial charge < -0.3 is 26.3 Å². The fourth-order valence-electron chi connectivity index (χ4n) is 3.89. The molecule has 0 radical (unpaired) electrons. The number of hydrogen-bond donors (Lipinski definition) is 4. The van der Waals surface area contributed by atoms with Gasteiger partial charge in [0, 0.05) is 36.9 Å². The Morgan fingerprint density at radius 3 is 2.39 bits per heavy atom. The summed E-state index contributed by atoms with van der Waals surface area (Å²) in [6.07, 6.45) is 2.32. The van der Waals surface area contributed by atoms with Gasteiger partial charge in [0.15, 0.2) is 0 Å². The van der Waals surface area contributed by atoms with Crippen LogP contribution in [0.25, 0.3) is 0 Å². The fourth-order valence-corrected chi connectivity index (χ4v) is 3.89. The second-order valence-electron chi connectivity index (χ2n) is 9.44. The summed E-state index contributed by atoms with van der Waals surface area (Å²) in [5, 5.41) is 18.7. The molecule has 0 unspecified atom stereocenters. The van der Waals surface area contributed by atoms with E-state index in [2.05, 4.69) is 16.0 Å². The maximum absolute atomic E-state index is 13.2. The highest BCUT2D eigenvalue weighted by atomic mass is 16.6. The Bertz CT molecular complexity index is 1380. The maximum Gasteiger partial charge on any atom is 0.284 e. The highest BCUT2D eigenvalue weighted by Crippen LogP contribution is 2.18. The van der Waals surface area contributed by atoms with Crippen LogP contribution >= 0.6 is 0 Å². The summed E-state index contributed by atoms with van der Waals surface area (Å²) in [5.74, 6) is -4.03. The van der Waals surface area contributed by atoms with Crippen molar-refractivity contribution in [1.82, 2.24) is 15.2 Å². The number of ketones is 1. The highest BCUT2D eigenvalue weighted by molar-refractivity contribution is 6.35. The summed E-state index contributed by atoms with van der Waals surface area (Å²) in [4.78, 5) is 85.0. The topological polar surface area (TPSA) is 213 Å². The zero-order chi connectivity index (χ0) is 30.7. The number of nitrogens with zero attached hydrogens (tertiary/aromatic N) is 2. The quantitative estimate of drug-likeness (QED) is 0.138. The second kappa shape index (κ2) is 15.1. The Kier molecular flexibility index (Phi) is 11.9. The minimum atomic E-state index is -1.43. The maximum atomic E-state index is 13.2. The van der Waals surface area contributed by atoms with Gasteiger partial charge in [-0.05, 0) is 37.0 Å². The van der Waals surface area contributed by atoms with Crippen LogP contribution in [0.15, 0.2) is 41.3 Å². The predicted molar refractivity (Wildman–Crippen MR) is 149 cm³/mol. The first-order chi connectivity index (χ1) is 19.4. The van der Waals surface area contributed by atoms with E-state index in [0.717, 1.165) is 23.5 Å². The number of rotatable bonds is 15. The van der Waals surface area contributed by atoms with Crippen molar-refractivity contribution in [2.24, 2.45) is 11.7 Å². The van der Waals surface area contributed by atoms with Crippen molar-refractivity contribution in [3.63, 3.8) is 0 Å². The summed E-state index contributed by atoms with van der Waals surface area (Å²) in [6, 6.07) is 4.94. The van der Waals surface area contributed by atoms with Crippen molar-refractivity contribution in [2.75, 3.05) is 11.9 Å². The van der Waals surface area contributed by atoms with Gasteiger partial charge in [0.2, 0.25) is 17.6 Å². The van der Waals surface area contributed by atoms with E-state index in [0.29, 0.717) is 18.0 Å². The third-order valence-corrected chi connectivity index (χ3v) is 6.57. The van der Waals surface area contributed by atoms with Gasteiger partial charge in [-0.25, -0.2) is 0 Å². The van der Waals surface area contributed by atoms with Crippen molar-refractivity contribution in [2.45, 2.75) is 59.0 Å². The van der Waals surface area contributed by atoms with Crippen LogP contribution in [0.5, 0.6) is 0 Å². The molecule has 1 atom stereocenters. The van der Waals surface area contributed by atoms with Crippen molar-refractivity contribution >= 4 is 40.8 Å². The molecule has 1 aromatic carbocycles. The lowest BCUT2D eigenvalue weighted by Gasteiger charge is -2.19. The van der Waals surface area contributed by atoms with Gasteiger partial charge in [0.05, 0.1) is 4.92 Å². The molecule has 0 spiro atoms. The lowest BCUT2D eigenvalue weighted by atomic mass is 10.0. The molecule has 1 aromatic heterocycles. The number of hydrogen-bond acceptors (Lipinski definition) is 8. The predicted octanol–water partition coefficient (Wildman–Crippen LogP) is 1.19. The molecule has 220 valence electrons. The Hall–Kier alpha value is -4.88. The summed E-state index contributed by atoms with van der Waals surface area (Å²) in [7, 11) is 0. The Morgan fingerprint density at radius 2 is 1.78 bits per heavy atom. The summed E-state index contributed by atoms with van der Waals surface area (Å²) >= 11 is 0. The van der Waals surface area contributed by atoms with Crippen LogP contribution in [-0.2, 0) is 25.7 Å². The van der Waals surface area contributed by atoms with Gasteiger partial charge in [0.25, 0.3) is 23.1 Å². The number of aryl methyl sites for hydroxylation is 1. The van der Waals surface area contributed by atoms with E-state index < -0.39 is 46.5 Å². The molecule has 2 rings (SSSR count). The molecule has 41 heavy (non-hydrogen) atoms. The third-order valence-electron chi connectivity index (χ3n) is 6.57.